The molecule has 1 unspecified atom stereocenters. The molecule has 0 saturated carbocycles. The number of hydrogen-bond donors (Lipinski definition) is 2. The van der Waals surface area contributed by atoms with Crippen LogP contribution in [-0.2, 0) is 15.7 Å². The molecule has 162 valence electrons. The summed E-state index contributed by atoms with van der Waals surface area (Å²) in [6.45, 7) is -0.682. The molecule has 0 aliphatic heterocycles. The van der Waals surface area contributed by atoms with Gasteiger partial charge in [0, 0.05) is 6.54 Å². The van der Waals surface area contributed by atoms with Crippen molar-refractivity contribution in [3.63, 3.8) is 0 Å². The molecule has 2 N–H and O–H groups in total. The van der Waals surface area contributed by atoms with Crippen LogP contribution in [0.1, 0.15) is 34.5 Å². The summed E-state index contributed by atoms with van der Waals surface area (Å²) in [6, 6.07) is 23.5. The van der Waals surface area contributed by atoms with Crippen LogP contribution < -0.4 is 5.32 Å². The molecule has 0 aliphatic carbocycles. The molecular weight excluding hydrogens is 407 g/mol. The standard InChI is InChI=1S/C24H22F3NO3/c25-24(26,27)20-14-8-7-13-19(20)21(29)15-28-22(30)16-31-23(17-9-3-1-4-10-17)18-11-5-2-6-12-18/h1-14,21,23,29H,15-16H2,(H,28,30). The van der Waals surface area contributed by atoms with Crippen LogP contribution in [0.2, 0.25) is 0 Å². The van der Waals surface area contributed by atoms with Gasteiger partial charge in [0.25, 0.3) is 0 Å². The van der Waals surface area contributed by atoms with Crippen molar-refractivity contribution in [3.8, 4) is 0 Å². The Morgan fingerprint density at radius 3 is 1.94 bits per heavy atom. The summed E-state index contributed by atoms with van der Waals surface area (Å²) < 4.78 is 45.2. The third-order valence-corrected chi connectivity index (χ3v) is 4.70. The van der Waals surface area contributed by atoms with Crippen LogP contribution in [-0.4, -0.2) is 24.2 Å². The Morgan fingerprint density at radius 1 is 0.871 bits per heavy atom. The minimum Gasteiger partial charge on any atom is -0.387 e. The van der Waals surface area contributed by atoms with Crippen LogP contribution in [0.15, 0.2) is 84.9 Å². The van der Waals surface area contributed by atoms with Crippen molar-refractivity contribution in [2.45, 2.75) is 18.4 Å². The Hall–Kier alpha value is -3.16. The van der Waals surface area contributed by atoms with Crippen molar-refractivity contribution in [3.05, 3.63) is 107 Å². The molecule has 1 amide bonds. The number of halogens is 3. The van der Waals surface area contributed by atoms with Crippen LogP contribution in [0.3, 0.4) is 0 Å². The second-order valence-corrected chi connectivity index (χ2v) is 6.92. The van der Waals surface area contributed by atoms with Gasteiger partial charge in [0.1, 0.15) is 12.7 Å². The zero-order valence-electron chi connectivity index (χ0n) is 16.5. The quantitative estimate of drug-likeness (QED) is 0.548. The first-order chi connectivity index (χ1) is 14.9. The SMILES string of the molecule is O=C(COC(c1ccccc1)c1ccccc1)NCC(O)c1ccccc1C(F)(F)F. The maximum Gasteiger partial charge on any atom is 0.416 e. The van der Waals surface area contributed by atoms with Crippen molar-refractivity contribution < 1.29 is 27.8 Å². The predicted molar refractivity (Wildman–Crippen MR) is 110 cm³/mol. The van der Waals surface area contributed by atoms with Gasteiger partial charge in [-0.1, -0.05) is 78.9 Å². The molecule has 1 atom stereocenters. The lowest BCUT2D eigenvalue weighted by molar-refractivity contribution is -0.139. The van der Waals surface area contributed by atoms with Gasteiger partial charge in [-0.3, -0.25) is 4.79 Å². The van der Waals surface area contributed by atoms with E-state index >= 15 is 0 Å². The van der Waals surface area contributed by atoms with Gasteiger partial charge in [-0.05, 0) is 22.8 Å². The summed E-state index contributed by atoms with van der Waals surface area (Å²) >= 11 is 0. The van der Waals surface area contributed by atoms with Crippen molar-refractivity contribution in [2.75, 3.05) is 13.2 Å². The number of aliphatic hydroxyl groups is 1. The maximum absolute atomic E-state index is 13.1. The normalized spacial score (nSPS) is 12.5. The van der Waals surface area contributed by atoms with E-state index in [1.165, 1.54) is 18.2 Å². The largest absolute Gasteiger partial charge is 0.416 e. The second kappa shape index (κ2) is 10.2. The molecular formula is C24H22F3NO3. The Balaban J connectivity index is 1.62. The van der Waals surface area contributed by atoms with E-state index in [-0.39, 0.29) is 18.7 Å². The molecule has 7 heteroatoms. The first-order valence-corrected chi connectivity index (χ1v) is 9.68. The molecule has 4 nitrogen and oxygen atoms in total. The predicted octanol–water partition coefficient (Wildman–Crippen LogP) is 4.66. The Kier molecular flexibility index (Phi) is 7.44. The van der Waals surface area contributed by atoms with Gasteiger partial charge >= 0.3 is 6.18 Å². The zero-order chi connectivity index (χ0) is 22.3. The smallest absolute Gasteiger partial charge is 0.387 e. The van der Waals surface area contributed by atoms with Gasteiger partial charge in [-0.25, -0.2) is 0 Å². The van der Waals surface area contributed by atoms with Crippen LogP contribution in [0.4, 0.5) is 13.2 Å². The number of hydrogen-bond acceptors (Lipinski definition) is 3. The summed E-state index contributed by atoms with van der Waals surface area (Å²) in [4.78, 5) is 12.3. The highest BCUT2D eigenvalue weighted by Crippen LogP contribution is 2.34. The fourth-order valence-corrected chi connectivity index (χ4v) is 3.22. The number of aliphatic hydroxyl groups excluding tert-OH is 1. The summed E-state index contributed by atoms with van der Waals surface area (Å²) in [5, 5.41) is 12.6. The van der Waals surface area contributed by atoms with Crippen LogP contribution in [0, 0.1) is 0 Å². The Bertz CT molecular complexity index is 939. The average Bonchev–Trinajstić information content (AvgIpc) is 2.78. The summed E-state index contributed by atoms with van der Waals surface area (Å²) in [5.74, 6) is -0.541. The van der Waals surface area contributed by atoms with Gasteiger partial charge in [0.15, 0.2) is 0 Å². The monoisotopic (exact) mass is 429 g/mol. The number of ether oxygens (including phenoxy) is 1. The molecule has 0 aliphatic rings. The average molecular weight is 429 g/mol. The number of rotatable bonds is 8. The van der Waals surface area contributed by atoms with Crippen LogP contribution in [0.5, 0.6) is 0 Å². The van der Waals surface area contributed by atoms with Crippen molar-refractivity contribution in [2.24, 2.45) is 0 Å². The van der Waals surface area contributed by atoms with E-state index in [0.29, 0.717) is 0 Å². The molecule has 0 bridgehead atoms. The molecule has 0 spiro atoms. The van der Waals surface area contributed by atoms with Gasteiger partial charge < -0.3 is 15.2 Å². The highest BCUT2D eigenvalue weighted by molar-refractivity contribution is 5.77. The van der Waals surface area contributed by atoms with Crippen molar-refractivity contribution in [1.82, 2.24) is 5.32 Å². The van der Waals surface area contributed by atoms with Crippen LogP contribution >= 0.6 is 0 Å². The lowest BCUT2D eigenvalue weighted by Gasteiger charge is -2.20. The van der Waals surface area contributed by atoms with Crippen molar-refractivity contribution >= 4 is 5.91 Å². The summed E-state index contributed by atoms with van der Waals surface area (Å²) in [7, 11) is 0. The zero-order valence-corrected chi connectivity index (χ0v) is 16.5. The van der Waals surface area contributed by atoms with E-state index in [1.54, 1.807) is 0 Å². The fraction of sp³-hybridized carbons (Fsp3) is 0.208. The fourth-order valence-electron chi connectivity index (χ4n) is 3.22. The molecule has 0 radical (unpaired) electrons. The highest BCUT2D eigenvalue weighted by Gasteiger charge is 2.34. The Morgan fingerprint density at radius 2 is 1.39 bits per heavy atom. The summed E-state index contributed by atoms with van der Waals surface area (Å²) in [5.41, 5.74) is 0.505. The highest BCUT2D eigenvalue weighted by atomic mass is 19.4. The lowest BCUT2D eigenvalue weighted by Crippen LogP contribution is -2.32. The molecule has 0 heterocycles. The molecule has 0 aromatic heterocycles. The molecule has 3 aromatic carbocycles. The number of carbonyl (C=O) groups excluding carboxylic acids is 1. The third-order valence-electron chi connectivity index (χ3n) is 4.70. The number of alkyl halides is 3. The lowest BCUT2D eigenvalue weighted by atomic mass is 10.0. The number of benzene rings is 3. The molecule has 0 fully saturated rings. The van der Waals surface area contributed by atoms with E-state index in [0.717, 1.165) is 17.2 Å². The van der Waals surface area contributed by atoms with E-state index in [1.807, 2.05) is 60.7 Å². The topological polar surface area (TPSA) is 58.6 Å². The third kappa shape index (κ3) is 6.16. The summed E-state index contributed by atoms with van der Waals surface area (Å²) in [6.07, 6.45) is -6.58. The minimum absolute atomic E-state index is 0.289. The van der Waals surface area contributed by atoms with Gasteiger partial charge in [-0.15, -0.1) is 0 Å². The van der Waals surface area contributed by atoms with E-state index in [9.17, 15) is 23.1 Å². The van der Waals surface area contributed by atoms with E-state index in [2.05, 4.69) is 5.32 Å². The molecule has 0 saturated heterocycles. The molecule has 31 heavy (non-hydrogen) atoms. The van der Waals surface area contributed by atoms with Gasteiger partial charge in [0.05, 0.1) is 11.7 Å². The van der Waals surface area contributed by atoms with E-state index < -0.39 is 29.9 Å². The maximum atomic E-state index is 13.1. The van der Waals surface area contributed by atoms with Crippen molar-refractivity contribution in [1.29, 1.82) is 0 Å². The van der Waals surface area contributed by atoms with E-state index in [4.69, 9.17) is 4.74 Å². The first kappa shape index (κ1) is 22.5. The number of nitrogens with one attached hydrogen (secondary N) is 1. The second-order valence-electron chi connectivity index (χ2n) is 6.92. The minimum atomic E-state index is -4.59. The number of amides is 1. The number of carbonyl (C=O) groups is 1. The first-order valence-electron chi connectivity index (χ1n) is 9.68. The Labute approximate surface area is 178 Å². The molecule has 3 rings (SSSR count). The van der Waals surface area contributed by atoms with Gasteiger partial charge in [-0.2, -0.15) is 13.2 Å². The van der Waals surface area contributed by atoms with Crippen LogP contribution in [0.25, 0.3) is 0 Å². The molecule has 3 aromatic rings. The van der Waals surface area contributed by atoms with Gasteiger partial charge in [0.2, 0.25) is 5.91 Å².